The highest BCUT2D eigenvalue weighted by molar-refractivity contribution is 7.92. The van der Waals surface area contributed by atoms with Crippen LogP contribution in [0.4, 0.5) is 18.9 Å². The highest BCUT2D eigenvalue weighted by atomic mass is 35.5. The first-order valence-corrected chi connectivity index (χ1v) is 14.0. The van der Waals surface area contributed by atoms with Gasteiger partial charge in [0.2, 0.25) is 0 Å². The number of hydrogen-bond donors (Lipinski definition) is 2. The van der Waals surface area contributed by atoms with Crippen LogP contribution in [0, 0.1) is 36.2 Å². The van der Waals surface area contributed by atoms with Crippen molar-refractivity contribution in [2.24, 2.45) is 11.8 Å². The minimum Gasteiger partial charge on any atom is -0.385 e. The molecule has 1 heterocycles. The van der Waals surface area contributed by atoms with E-state index in [9.17, 15) is 31.5 Å². The van der Waals surface area contributed by atoms with E-state index in [1.165, 1.54) is 12.1 Å². The third-order valence-electron chi connectivity index (χ3n) is 7.84. The van der Waals surface area contributed by atoms with Gasteiger partial charge in [0.25, 0.3) is 5.91 Å². The zero-order valence-electron chi connectivity index (χ0n) is 20.2. The van der Waals surface area contributed by atoms with E-state index in [-0.39, 0.29) is 45.8 Å². The maximum atomic E-state index is 13.8. The van der Waals surface area contributed by atoms with E-state index in [0.29, 0.717) is 25.0 Å². The van der Waals surface area contributed by atoms with Crippen molar-refractivity contribution in [1.82, 2.24) is 4.98 Å². The molecule has 2 bridgehead atoms. The second-order valence-electron chi connectivity index (χ2n) is 9.98. The van der Waals surface area contributed by atoms with Crippen LogP contribution < -0.4 is 5.32 Å². The van der Waals surface area contributed by atoms with Crippen LogP contribution in [0.25, 0.3) is 0 Å². The number of nitrogens with one attached hydrogen (secondary N) is 1. The second-order valence-corrected chi connectivity index (χ2v) is 12.6. The third kappa shape index (κ3) is 4.38. The summed E-state index contributed by atoms with van der Waals surface area (Å²) in [5.74, 6) is -6.04. The summed E-state index contributed by atoms with van der Waals surface area (Å²) in [6, 6.07) is 6.69. The van der Waals surface area contributed by atoms with Gasteiger partial charge in [-0.3, -0.25) is 9.78 Å². The molecular formula is C27H24ClF3N2O4S. The molecule has 2 aliphatic rings. The molecule has 0 aliphatic heterocycles. The van der Waals surface area contributed by atoms with Crippen LogP contribution in [-0.4, -0.2) is 29.7 Å². The number of aliphatic hydroxyl groups is 1. The minimum atomic E-state index is -4.01. The predicted molar refractivity (Wildman–Crippen MR) is 135 cm³/mol. The number of sulfone groups is 1. The van der Waals surface area contributed by atoms with Crippen molar-refractivity contribution in [1.29, 1.82) is 0 Å². The van der Waals surface area contributed by atoms with E-state index in [1.54, 1.807) is 18.5 Å². The average molecular weight is 565 g/mol. The molecule has 1 amide bonds. The lowest BCUT2D eigenvalue weighted by Crippen LogP contribution is -2.46. The van der Waals surface area contributed by atoms with Crippen molar-refractivity contribution in [3.05, 3.63) is 88.0 Å². The largest absolute Gasteiger partial charge is 0.385 e. The summed E-state index contributed by atoms with van der Waals surface area (Å²) >= 11 is 6.28. The first-order chi connectivity index (χ1) is 17.9. The Balaban J connectivity index is 1.41. The smallest absolute Gasteiger partial charge is 0.255 e. The van der Waals surface area contributed by atoms with Crippen LogP contribution in [0.5, 0.6) is 0 Å². The maximum Gasteiger partial charge on any atom is 0.255 e. The van der Waals surface area contributed by atoms with Gasteiger partial charge in [-0.05, 0) is 79.8 Å². The molecule has 0 radical (unpaired) electrons. The molecule has 11 heteroatoms. The quantitative estimate of drug-likeness (QED) is 0.395. The summed E-state index contributed by atoms with van der Waals surface area (Å²) in [5, 5.41) is 13.1. The number of carbonyl (C=O) groups excluding carboxylic acids is 1. The van der Waals surface area contributed by atoms with Gasteiger partial charge in [0.05, 0.1) is 20.8 Å². The van der Waals surface area contributed by atoms with Gasteiger partial charge in [-0.2, -0.15) is 0 Å². The summed E-state index contributed by atoms with van der Waals surface area (Å²) in [6.45, 7) is 1.87. The molecular weight excluding hydrogens is 541 g/mol. The van der Waals surface area contributed by atoms with E-state index in [0.717, 1.165) is 17.2 Å². The molecule has 2 aromatic carbocycles. The molecule has 2 aliphatic carbocycles. The Morgan fingerprint density at radius 2 is 1.71 bits per heavy atom. The molecule has 1 aromatic heterocycles. The summed E-state index contributed by atoms with van der Waals surface area (Å²) in [4.78, 5) is 16.6. The standard InChI is InChI=1S/C27H24ClF3N2O4S/c1-14-13-32-7-6-20(14)27(35)16-3-4-17(27)10-19(9-16)38(36,37)24-8-15(2-5-21(24)28)26(34)33-18-11-22(29)25(31)23(30)12-18/h2,5-8,11-13,16-17,19,35H,3-4,9-10H2,1H3,(H,33,34)/t16-,17?,19-,27-/m0/s1. The lowest BCUT2D eigenvalue weighted by atomic mass is 9.69. The molecule has 0 spiro atoms. The first-order valence-electron chi connectivity index (χ1n) is 12.1. The number of hydrogen-bond acceptors (Lipinski definition) is 5. The van der Waals surface area contributed by atoms with E-state index < -0.39 is 44.0 Å². The van der Waals surface area contributed by atoms with Gasteiger partial charge >= 0.3 is 0 Å². The van der Waals surface area contributed by atoms with Crippen LogP contribution in [0.1, 0.15) is 47.2 Å². The van der Waals surface area contributed by atoms with Crippen molar-refractivity contribution in [2.45, 2.75) is 48.4 Å². The van der Waals surface area contributed by atoms with Gasteiger partial charge in [-0.25, -0.2) is 21.6 Å². The van der Waals surface area contributed by atoms with Crippen LogP contribution in [0.2, 0.25) is 5.02 Å². The SMILES string of the molecule is Cc1cnccc1[C@@]1(O)C2CC[C@H]1C[C@H](S(=O)(=O)c1cc(C(=O)Nc3cc(F)c(F)c(F)c3)ccc1Cl)C2. The van der Waals surface area contributed by atoms with Crippen LogP contribution in [-0.2, 0) is 15.4 Å². The van der Waals surface area contributed by atoms with E-state index in [1.807, 2.05) is 6.92 Å². The number of amides is 1. The predicted octanol–water partition coefficient (Wildman–Crippen LogP) is 5.56. The molecule has 5 rings (SSSR count). The Labute approximate surface area is 222 Å². The first kappa shape index (κ1) is 26.6. The molecule has 200 valence electrons. The number of aryl methyl sites for hydroxylation is 1. The van der Waals surface area contributed by atoms with Gasteiger partial charge in [-0.15, -0.1) is 0 Å². The number of nitrogens with zero attached hydrogens (tertiary/aromatic N) is 1. The number of benzene rings is 2. The van der Waals surface area contributed by atoms with E-state index in [4.69, 9.17) is 11.6 Å². The van der Waals surface area contributed by atoms with E-state index in [2.05, 4.69) is 10.3 Å². The molecule has 38 heavy (non-hydrogen) atoms. The summed E-state index contributed by atoms with van der Waals surface area (Å²) in [7, 11) is -4.01. The number of pyridine rings is 1. The Morgan fingerprint density at radius 1 is 1.08 bits per heavy atom. The van der Waals surface area contributed by atoms with Crippen LogP contribution in [0.3, 0.4) is 0 Å². The monoisotopic (exact) mass is 564 g/mol. The highest BCUT2D eigenvalue weighted by Crippen LogP contribution is 2.57. The summed E-state index contributed by atoms with van der Waals surface area (Å²) in [5.41, 5.74) is 0.0165. The molecule has 2 saturated carbocycles. The Morgan fingerprint density at radius 3 is 2.32 bits per heavy atom. The van der Waals surface area contributed by atoms with Gasteiger partial charge in [0.1, 0.15) is 0 Å². The zero-order valence-corrected chi connectivity index (χ0v) is 21.8. The van der Waals surface area contributed by atoms with Gasteiger partial charge in [0.15, 0.2) is 27.3 Å². The molecule has 2 fully saturated rings. The fourth-order valence-corrected chi connectivity index (χ4v) is 8.39. The van der Waals surface area contributed by atoms with Crippen LogP contribution in [0.15, 0.2) is 53.7 Å². The Kier molecular flexibility index (Phi) is 6.77. The number of aromatic nitrogens is 1. The number of fused-ring (bicyclic) bond motifs is 2. The Hall–Kier alpha value is -2.95. The lowest BCUT2D eigenvalue weighted by molar-refractivity contribution is -0.0652. The minimum absolute atomic E-state index is 0.0708. The molecule has 0 saturated heterocycles. The number of anilines is 1. The van der Waals surface area contributed by atoms with Crippen molar-refractivity contribution >= 4 is 33.0 Å². The van der Waals surface area contributed by atoms with Crippen molar-refractivity contribution < 1.29 is 31.5 Å². The average Bonchev–Trinajstić information content (AvgIpc) is 3.03. The number of rotatable bonds is 5. The highest BCUT2D eigenvalue weighted by Gasteiger charge is 2.57. The molecule has 3 aromatic rings. The van der Waals surface area contributed by atoms with Crippen molar-refractivity contribution in [3.8, 4) is 0 Å². The molecule has 2 N–H and O–H groups in total. The second kappa shape index (κ2) is 9.66. The van der Waals surface area contributed by atoms with Crippen molar-refractivity contribution in [3.63, 3.8) is 0 Å². The number of carbonyl (C=O) groups is 1. The summed E-state index contributed by atoms with van der Waals surface area (Å²) < 4.78 is 67.8. The molecule has 1 unspecified atom stereocenters. The Bertz CT molecular complexity index is 1510. The van der Waals surface area contributed by atoms with Gasteiger partial charge in [-0.1, -0.05) is 11.6 Å². The van der Waals surface area contributed by atoms with Crippen LogP contribution >= 0.6 is 11.6 Å². The fraction of sp³-hybridized carbons (Fsp3) is 0.333. The summed E-state index contributed by atoms with van der Waals surface area (Å²) in [6.07, 6.45) is 5.09. The molecule has 4 atom stereocenters. The molecule has 6 nitrogen and oxygen atoms in total. The number of halogens is 4. The van der Waals surface area contributed by atoms with Gasteiger partial charge in [0, 0.05) is 35.8 Å². The third-order valence-corrected chi connectivity index (χ3v) is 10.5. The van der Waals surface area contributed by atoms with E-state index >= 15 is 0 Å². The topological polar surface area (TPSA) is 96.4 Å². The maximum absolute atomic E-state index is 13.8. The normalized spacial score (nSPS) is 24.8. The van der Waals surface area contributed by atoms with Crippen molar-refractivity contribution in [2.75, 3.05) is 5.32 Å². The van der Waals surface area contributed by atoms with Gasteiger partial charge < -0.3 is 10.4 Å². The zero-order chi connectivity index (χ0) is 27.4. The lowest BCUT2D eigenvalue weighted by Gasteiger charge is -2.43. The fourth-order valence-electron chi connectivity index (χ4n) is 5.99.